The van der Waals surface area contributed by atoms with Crippen LogP contribution in [0, 0.1) is 5.92 Å². The molecule has 4 heteroatoms. The predicted octanol–water partition coefficient (Wildman–Crippen LogP) is 2.56. The number of hydrogen-bond acceptors (Lipinski definition) is 3. The molecule has 1 saturated heterocycles. The molecule has 19 heavy (non-hydrogen) atoms. The van der Waals surface area contributed by atoms with Gasteiger partial charge in [0, 0.05) is 17.7 Å². The van der Waals surface area contributed by atoms with Gasteiger partial charge in [0.05, 0.1) is 0 Å². The SMILES string of the molecule is CSC1(CNC(=O)CCC2CCNCC2)CCCC1. The molecule has 0 spiro atoms. The van der Waals surface area contributed by atoms with Gasteiger partial charge in [0.2, 0.25) is 5.91 Å². The summed E-state index contributed by atoms with van der Waals surface area (Å²) in [7, 11) is 0. The summed E-state index contributed by atoms with van der Waals surface area (Å²) < 4.78 is 0.338. The molecule has 3 nitrogen and oxygen atoms in total. The maximum atomic E-state index is 12.0. The third-order valence-electron chi connectivity index (χ3n) is 4.79. The first-order chi connectivity index (χ1) is 9.24. The number of piperidine rings is 1. The number of hydrogen-bond donors (Lipinski definition) is 2. The van der Waals surface area contributed by atoms with E-state index in [1.807, 2.05) is 11.8 Å². The number of nitrogens with one attached hydrogen (secondary N) is 2. The highest BCUT2D eigenvalue weighted by molar-refractivity contribution is 8.00. The van der Waals surface area contributed by atoms with Gasteiger partial charge in [-0.25, -0.2) is 0 Å². The molecule has 1 heterocycles. The minimum absolute atomic E-state index is 0.263. The van der Waals surface area contributed by atoms with Gasteiger partial charge in [0.15, 0.2) is 0 Å². The summed E-state index contributed by atoms with van der Waals surface area (Å²) in [6.07, 6.45) is 11.6. The zero-order valence-electron chi connectivity index (χ0n) is 12.2. The van der Waals surface area contributed by atoms with Crippen molar-refractivity contribution in [3.63, 3.8) is 0 Å². The van der Waals surface area contributed by atoms with Crippen LogP contribution in [0.3, 0.4) is 0 Å². The van der Waals surface area contributed by atoms with Gasteiger partial charge in [0.25, 0.3) is 0 Å². The molecule has 0 unspecified atom stereocenters. The summed E-state index contributed by atoms with van der Waals surface area (Å²) in [4.78, 5) is 12.0. The van der Waals surface area contributed by atoms with E-state index in [4.69, 9.17) is 0 Å². The summed E-state index contributed by atoms with van der Waals surface area (Å²) in [5, 5.41) is 6.55. The van der Waals surface area contributed by atoms with Gasteiger partial charge >= 0.3 is 0 Å². The molecule has 0 bridgehead atoms. The van der Waals surface area contributed by atoms with Gasteiger partial charge in [-0.05, 0) is 57.4 Å². The van der Waals surface area contributed by atoms with Gasteiger partial charge in [0.1, 0.15) is 0 Å². The fraction of sp³-hybridized carbons (Fsp3) is 0.933. The van der Waals surface area contributed by atoms with Crippen molar-refractivity contribution in [2.24, 2.45) is 5.92 Å². The molecule has 2 fully saturated rings. The van der Waals surface area contributed by atoms with Gasteiger partial charge in [-0.2, -0.15) is 11.8 Å². The molecule has 0 atom stereocenters. The van der Waals surface area contributed by atoms with E-state index in [1.165, 1.54) is 38.5 Å². The predicted molar refractivity (Wildman–Crippen MR) is 82.6 cm³/mol. The first-order valence-electron chi connectivity index (χ1n) is 7.77. The van der Waals surface area contributed by atoms with E-state index < -0.39 is 0 Å². The number of thioether (sulfide) groups is 1. The van der Waals surface area contributed by atoms with Crippen molar-refractivity contribution in [3.05, 3.63) is 0 Å². The van der Waals surface area contributed by atoms with E-state index in [-0.39, 0.29) is 5.91 Å². The van der Waals surface area contributed by atoms with E-state index in [1.54, 1.807) is 0 Å². The minimum Gasteiger partial charge on any atom is -0.355 e. The average molecular weight is 284 g/mol. The largest absolute Gasteiger partial charge is 0.355 e. The second-order valence-corrected chi connectivity index (χ2v) is 7.38. The third kappa shape index (κ3) is 4.67. The van der Waals surface area contributed by atoms with Gasteiger partial charge in [-0.3, -0.25) is 4.79 Å². The molecule has 1 aliphatic heterocycles. The van der Waals surface area contributed by atoms with Crippen molar-refractivity contribution in [3.8, 4) is 0 Å². The number of carbonyl (C=O) groups excluding carboxylic acids is 1. The van der Waals surface area contributed by atoms with E-state index in [0.717, 1.165) is 38.4 Å². The van der Waals surface area contributed by atoms with Crippen molar-refractivity contribution in [2.75, 3.05) is 25.9 Å². The lowest BCUT2D eigenvalue weighted by molar-refractivity contribution is -0.121. The summed E-state index contributed by atoms with van der Waals surface area (Å²) >= 11 is 1.95. The normalized spacial score (nSPS) is 23.4. The summed E-state index contributed by atoms with van der Waals surface area (Å²) in [6.45, 7) is 3.13. The van der Waals surface area contributed by atoms with Crippen LogP contribution in [-0.4, -0.2) is 36.5 Å². The van der Waals surface area contributed by atoms with Gasteiger partial charge in [-0.15, -0.1) is 0 Å². The van der Waals surface area contributed by atoms with Crippen LogP contribution >= 0.6 is 11.8 Å². The molecule has 1 aliphatic carbocycles. The van der Waals surface area contributed by atoms with Crippen molar-refractivity contribution >= 4 is 17.7 Å². The number of amides is 1. The van der Waals surface area contributed by atoms with Gasteiger partial charge < -0.3 is 10.6 Å². The van der Waals surface area contributed by atoms with Crippen LogP contribution in [0.5, 0.6) is 0 Å². The third-order valence-corrected chi connectivity index (χ3v) is 6.21. The Bertz CT molecular complexity index is 284. The Hall–Kier alpha value is -0.220. The highest BCUT2D eigenvalue weighted by atomic mass is 32.2. The first-order valence-corrected chi connectivity index (χ1v) is 8.99. The Morgan fingerprint density at radius 2 is 2.00 bits per heavy atom. The number of carbonyl (C=O) groups is 1. The molecule has 2 aliphatic rings. The summed E-state index contributed by atoms with van der Waals surface area (Å²) in [6, 6.07) is 0. The molecule has 0 aromatic heterocycles. The molecule has 2 N–H and O–H groups in total. The van der Waals surface area contributed by atoms with Crippen LogP contribution in [-0.2, 0) is 4.79 Å². The Morgan fingerprint density at radius 3 is 2.63 bits per heavy atom. The van der Waals surface area contributed by atoms with Crippen molar-refractivity contribution in [1.29, 1.82) is 0 Å². The summed E-state index contributed by atoms with van der Waals surface area (Å²) in [5.74, 6) is 1.02. The topological polar surface area (TPSA) is 41.1 Å². The zero-order valence-corrected chi connectivity index (χ0v) is 13.0. The molecule has 0 aromatic rings. The lowest BCUT2D eigenvalue weighted by atomic mass is 9.93. The van der Waals surface area contributed by atoms with Crippen LogP contribution < -0.4 is 10.6 Å². The average Bonchev–Trinajstić information content (AvgIpc) is 2.93. The monoisotopic (exact) mass is 284 g/mol. The van der Waals surface area contributed by atoms with E-state index in [2.05, 4.69) is 16.9 Å². The molecule has 0 radical (unpaired) electrons. The smallest absolute Gasteiger partial charge is 0.220 e. The van der Waals surface area contributed by atoms with Crippen molar-refractivity contribution in [1.82, 2.24) is 10.6 Å². The Labute approximate surface area is 121 Å². The Morgan fingerprint density at radius 1 is 1.32 bits per heavy atom. The molecule has 110 valence electrons. The van der Waals surface area contributed by atoms with Crippen LogP contribution in [0.15, 0.2) is 0 Å². The van der Waals surface area contributed by atoms with E-state index >= 15 is 0 Å². The highest BCUT2D eigenvalue weighted by Crippen LogP contribution is 2.39. The molecular weight excluding hydrogens is 256 g/mol. The fourth-order valence-electron chi connectivity index (χ4n) is 3.33. The lowest BCUT2D eigenvalue weighted by Gasteiger charge is -2.27. The maximum absolute atomic E-state index is 12.0. The van der Waals surface area contributed by atoms with Crippen LogP contribution in [0.4, 0.5) is 0 Å². The Balaban J connectivity index is 1.63. The maximum Gasteiger partial charge on any atom is 0.220 e. The van der Waals surface area contributed by atoms with Crippen LogP contribution in [0.1, 0.15) is 51.4 Å². The fourth-order valence-corrected chi connectivity index (χ4v) is 4.24. The second-order valence-electron chi connectivity index (χ2n) is 6.10. The minimum atomic E-state index is 0.263. The van der Waals surface area contributed by atoms with Crippen LogP contribution in [0.25, 0.3) is 0 Å². The van der Waals surface area contributed by atoms with Gasteiger partial charge in [-0.1, -0.05) is 12.8 Å². The zero-order chi connectivity index (χ0) is 13.6. The second kappa shape index (κ2) is 7.53. The first kappa shape index (κ1) is 15.2. The van der Waals surface area contributed by atoms with E-state index in [0.29, 0.717) is 4.75 Å². The highest BCUT2D eigenvalue weighted by Gasteiger charge is 2.33. The Kier molecular flexibility index (Phi) is 6.02. The number of rotatable bonds is 6. The quantitative estimate of drug-likeness (QED) is 0.787. The van der Waals surface area contributed by atoms with Crippen molar-refractivity contribution < 1.29 is 4.79 Å². The molecular formula is C15H28N2OS. The molecule has 0 aromatic carbocycles. The lowest BCUT2D eigenvalue weighted by Crippen LogP contribution is -2.38. The standard InChI is InChI=1S/C15H28N2OS/c1-19-15(8-2-3-9-15)12-17-14(18)5-4-13-6-10-16-11-7-13/h13,16H,2-12H2,1H3,(H,17,18). The van der Waals surface area contributed by atoms with E-state index in [9.17, 15) is 4.79 Å². The molecule has 1 saturated carbocycles. The summed E-state index contributed by atoms with van der Waals surface area (Å²) in [5.41, 5.74) is 0. The van der Waals surface area contributed by atoms with Crippen molar-refractivity contribution in [2.45, 2.75) is 56.1 Å². The van der Waals surface area contributed by atoms with Crippen LogP contribution in [0.2, 0.25) is 0 Å². The molecule has 2 rings (SSSR count). The molecule has 1 amide bonds.